The van der Waals surface area contributed by atoms with Crippen molar-refractivity contribution in [1.82, 2.24) is 5.32 Å². The molecule has 2 bridgehead atoms. The second-order valence-corrected chi connectivity index (χ2v) is 7.11. The molecule has 0 saturated heterocycles. The monoisotopic (exact) mass is 337 g/mol. The maximum atomic E-state index is 6.21. The zero-order valence-electron chi connectivity index (χ0n) is 12.2. The fraction of sp³-hybridized carbons (Fsp3) is 0.647. The molecule has 3 rings (SSSR count). The molecular formula is C17H24BrNO. The highest BCUT2D eigenvalue weighted by molar-refractivity contribution is 9.10. The zero-order chi connectivity index (χ0) is 13.9. The Kier molecular flexibility index (Phi) is 4.67. The van der Waals surface area contributed by atoms with Crippen LogP contribution in [0.15, 0.2) is 22.7 Å². The van der Waals surface area contributed by atoms with Crippen molar-refractivity contribution in [1.29, 1.82) is 0 Å². The second kappa shape index (κ2) is 6.48. The number of halogens is 1. The molecule has 2 saturated carbocycles. The van der Waals surface area contributed by atoms with Crippen LogP contribution < -0.4 is 10.1 Å². The standard InChI is InChI=1S/C17H24BrNO/c1-2-19-10-14-4-3-5-16(18)17(14)20-11-15-9-12-6-7-13(15)8-12/h3-5,12-13,15,19H,2,6-11H2,1H3. The molecule has 3 atom stereocenters. The molecule has 2 fully saturated rings. The molecule has 2 aliphatic rings. The van der Waals surface area contributed by atoms with Crippen molar-refractivity contribution in [3.05, 3.63) is 28.2 Å². The summed E-state index contributed by atoms with van der Waals surface area (Å²) in [7, 11) is 0. The van der Waals surface area contributed by atoms with E-state index in [0.717, 1.165) is 47.7 Å². The van der Waals surface area contributed by atoms with E-state index in [1.165, 1.54) is 31.2 Å². The smallest absolute Gasteiger partial charge is 0.137 e. The van der Waals surface area contributed by atoms with Crippen LogP contribution in [0.5, 0.6) is 5.75 Å². The van der Waals surface area contributed by atoms with Gasteiger partial charge in [-0.05, 0) is 65.6 Å². The van der Waals surface area contributed by atoms with E-state index in [1.54, 1.807) is 0 Å². The Bertz CT molecular complexity index is 462. The van der Waals surface area contributed by atoms with Crippen LogP contribution in [0.25, 0.3) is 0 Å². The van der Waals surface area contributed by atoms with Crippen LogP contribution in [0.1, 0.15) is 38.2 Å². The molecule has 0 radical (unpaired) electrons. The third-order valence-corrected chi connectivity index (χ3v) is 5.56. The first-order valence-corrected chi connectivity index (χ1v) is 8.68. The molecule has 110 valence electrons. The average molecular weight is 338 g/mol. The van der Waals surface area contributed by atoms with Gasteiger partial charge >= 0.3 is 0 Å². The molecule has 3 unspecified atom stereocenters. The number of rotatable bonds is 6. The van der Waals surface area contributed by atoms with E-state index in [9.17, 15) is 0 Å². The van der Waals surface area contributed by atoms with E-state index in [1.807, 2.05) is 0 Å². The normalized spacial score (nSPS) is 28.0. The summed E-state index contributed by atoms with van der Waals surface area (Å²) in [5.74, 6) is 3.75. The van der Waals surface area contributed by atoms with Gasteiger partial charge < -0.3 is 10.1 Å². The summed E-state index contributed by atoms with van der Waals surface area (Å²) in [4.78, 5) is 0. The Balaban J connectivity index is 1.64. The van der Waals surface area contributed by atoms with E-state index in [-0.39, 0.29) is 0 Å². The first-order valence-electron chi connectivity index (χ1n) is 7.88. The SMILES string of the molecule is CCNCc1cccc(Br)c1OCC1CC2CCC1C2. The fourth-order valence-corrected chi connectivity index (χ4v) is 4.41. The molecule has 1 N–H and O–H groups in total. The number of benzene rings is 1. The molecule has 20 heavy (non-hydrogen) atoms. The van der Waals surface area contributed by atoms with E-state index < -0.39 is 0 Å². The molecule has 2 nitrogen and oxygen atoms in total. The molecule has 2 aliphatic carbocycles. The lowest BCUT2D eigenvalue weighted by atomic mass is 9.89. The van der Waals surface area contributed by atoms with Crippen LogP contribution in [0.4, 0.5) is 0 Å². The zero-order valence-corrected chi connectivity index (χ0v) is 13.8. The highest BCUT2D eigenvalue weighted by Crippen LogP contribution is 2.48. The van der Waals surface area contributed by atoms with Gasteiger partial charge in [-0.2, -0.15) is 0 Å². The Hall–Kier alpha value is -0.540. The van der Waals surface area contributed by atoms with Gasteiger partial charge in [0.2, 0.25) is 0 Å². The summed E-state index contributed by atoms with van der Waals surface area (Å²) in [5, 5.41) is 3.39. The first-order chi connectivity index (χ1) is 9.78. The topological polar surface area (TPSA) is 21.3 Å². The predicted molar refractivity (Wildman–Crippen MR) is 86.0 cm³/mol. The molecule has 1 aromatic carbocycles. The largest absolute Gasteiger partial charge is 0.492 e. The molecule has 0 aliphatic heterocycles. The van der Waals surface area contributed by atoms with Gasteiger partial charge in [-0.3, -0.25) is 0 Å². The van der Waals surface area contributed by atoms with E-state index in [4.69, 9.17) is 4.74 Å². The van der Waals surface area contributed by atoms with Gasteiger partial charge in [0.1, 0.15) is 5.75 Å². The third kappa shape index (κ3) is 3.04. The number of nitrogens with one attached hydrogen (secondary N) is 1. The van der Waals surface area contributed by atoms with Gasteiger partial charge in [0.05, 0.1) is 11.1 Å². The third-order valence-electron chi connectivity index (χ3n) is 4.94. The number of hydrogen-bond acceptors (Lipinski definition) is 2. The highest BCUT2D eigenvalue weighted by atomic mass is 79.9. The number of hydrogen-bond donors (Lipinski definition) is 1. The first kappa shape index (κ1) is 14.4. The maximum Gasteiger partial charge on any atom is 0.137 e. The summed E-state index contributed by atoms with van der Waals surface area (Å²) in [6.07, 6.45) is 5.73. The van der Waals surface area contributed by atoms with Crippen molar-refractivity contribution in [3.63, 3.8) is 0 Å². The summed E-state index contributed by atoms with van der Waals surface area (Å²) in [6.45, 7) is 4.89. The van der Waals surface area contributed by atoms with Crippen molar-refractivity contribution in [2.75, 3.05) is 13.2 Å². The molecule has 0 spiro atoms. The molecule has 0 amide bonds. The lowest BCUT2D eigenvalue weighted by Crippen LogP contribution is -2.20. The van der Waals surface area contributed by atoms with Crippen molar-refractivity contribution in [2.24, 2.45) is 17.8 Å². The Morgan fingerprint density at radius 1 is 1.30 bits per heavy atom. The van der Waals surface area contributed by atoms with Crippen molar-refractivity contribution in [2.45, 2.75) is 39.2 Å². The van der Waals surface area contributed by atoms with E-state index in [0.29, 0.717) is 0 Å². The number of ether oxygens (including phenoxy) is 1. The fourth-order valence-electron chi connectivity index (χ4n) is 3.88. The molecule has 3 heteroatoms. The minimum absolute atomic E-state index is 0.785. The van der Waals surface area contributed by atoms with Crippen molar-refractivity contribution >= 4 is 15.9 Å². The van der Waals surface area contributed by atoms with Crippen LogP contribution in [-0.4, -0.2) is 13.2 Å². The van der Waals surface area contributed by atoms with Crippen molar-refractivity contribution < 1.29 is 4.74 Å². The highest BCUT2D eigenvalue weighted by Gasteiger charge is 2.39. The summed E-state index contributed by atoms with van der Waals surface area (Å²) < 4.78 is 7.29. The molecule has 0 heterocycles. The Morgan fingerprint density at radius 3 is 2.90 bits per heavy atom. The Morgan fingerprint density at radius 2 is 2.20 bits per heavy atom. The predicted octanol–water partition coefficient (Wildman–Crippen LogP) is 4.37. The molecule has 0 aromatic heterocycles. The van der Waals surface area contributed by atoms with E-state index in [2.05, 4.69) is 46.4 Å². The van der Waals surface area contributed by atoms with E-state index >= 15 is 0 Å². The number of para-hydroxylation sites is 1. The van der Waals surface area contributed by atoms with Gasteiger partial charge in [0.15, 0.2) is 0 Å². The Labute approximate surface area is 130 Å². The lowest BCUT2D eigenvalue weighted by molar-refractivity contribution is 0.193. The van der Waals surface area contributed by atoms with Crippen LogP contribution in [0.3, 0.4) is 0 Å². The van der Waals surface area contributed by atoms with Gasteiger partial charge in [-0.15, -0.1) is 0 Å². The number of fused-ring (bicyclic) bond motifs is 2. The quantitative estimate of drug-likeness (QED) is 0.831. The summed E-state index contributed by atoms with van der Waals surface area (Å²) >= 11 is 3.64. The lowest BCUT2D eigenvalue weighted by Gasteiger charge is -2.23. The molecule has 1 aromatic rings. The van der Waals surface area contributed by atoms with Gasteiger partial charge in [0, 0.05) is 12.1 Å². The minimum atomic E-state index is 0.785. The van der Waals surface area contributed by atoms with Gasteiger partial charge in [0.25, 0.3) is 0 Å². The van der Waals surface area contributed by atoms with Crippen LogP contribution in [0, 0.1) is 17.8 Å². The second-order valence-electron chi connectivity index (χ2n) is 6.25. The molecular weight excluding hydrogens is 314 g/mol. The maximum absolute atomic E-state index is 6.21. The average Bonchev–Trinajstić information content (AvgIpc) is 3.06. The van der Waals surface area contributed by atoms with Crippen LogP contribution in [-0.2, 0) is 6.54 Å². The van der Waals surface area contributed by atoms with Crippen molar-refractivity contribution in [3.8, 4) is 5.75 Å². The summed E-state index contributed by atoms with van der Waals surface area (Å²) in [5.41, 5.74) is 1.25. The van der Waals surface area contributed by atoms with Crippen LogP contribution in [0.2, 0.25) is 0 Å². The van der Waals surface area contributed by atoms with Gasteiger partial charge in [-0.1, -0.05) is 25.5 Å². The van der Waals surface area contributed by atoms with Crippen LogP contribution >= 0.6 is 15.9 Å². The van der Waals surface area contributed by atoms with Gasteiger partial charge in [-0.25, -0.2) is 0 Å². The summed E-state index contributed by atoms with van der Waals surface area (Å²) in [6, 6.07) is 6.32. The minimum Gasteiger partial charge on any atom is -0.492 e.